The zero-order valence-corrected chi connectivity index (χ0v) is 8.03. The number of aromatic nitrogens is 1. The molecule has 2 rings (SSSR count). The molecule has 0 radical (unpaired) electrons. The first kappa shape index (κ1) is 8.70. The van der Waals surface area contributed by atoms with Crippen molar-refractivity contribution in [2.75, 3.05) is 0 Å². The molecule has 1 aromatic rings. The summed E-state index contributed by atoms with van der Waals surface area (Å²) in [7, 11) is 0. The Morgan fingerprint density at radius 3 is 2.69 bits per heavy atom. The van der Waals surface area contributed by atoms with Gasteiger partial charge in [-0.25, -0.2) is 0 Å². The maximum absolute atomic E-state index is 6.09. The Bertz CT molecular complexity index is 275. The first-order valence-corrected chi connectivity index (χ1v) is 4.95. The minimum atomic E-state index is 0.161. The van der Waals surface area contributed by atoms with Crippen molar-refractivity contribution in [3.8, 4) is 0 Å². The van der Waals surface area contributed by atoms with Gasteiger partial charge in [0.2, 0.25) is 0 Å². The molecule has 2 N–H and O–H groups in total. The molecule has 1 fully saturated rings. The topological polar surface area (TPSA) is 38.9 Å². The van der Waals surface area contributed by atoms with E-state index in [2.05, 4.69) is 17.1 Å². The minimum absolute atomic E-state index is 0.161. The fraction of sp³-hybridized carbons (Fsp3) is 0.545. The second-order valence-corrected chi connectivity index (χ2v) is 3.98. The van der Waals surface area contributed by atoms with Gasteiger partial charge in [-0.15, -0.1) is 0 Å². The molecule has 0 aromatic carbocycles. The molecule has 2 nitrogen and oxygen atoms in total. The van der Waals surface area contributed by atoms with Gasteiger partial charge in [-0.3, -0.25) is 4.98 Å². The van der Waals surface area contributed by atoms with Crippen LogP contribution in [0.25, 0.3) is 0 Å². The molecule has 1 aliphatic rings. The van der Waals surface area contributed by atoms with E-state index in [0.29, 0.717) is 5.92 Å². The maximum atomic E-state index is 6.09. The third-order valence-electron chi connectivity index (χ3n) is 2.93. The van der Waals surface area contributed by atoms with Gasteiger partial charge in [0.1, 0.15) is 0 Å². The average molecular weight is 176 g/mol. The Morgan fingerprint density at radius 2 is 2.23 bits per heavy atom. The van der Waals surface area contributed by atoms with Crippen LogP contribution in [0.2, 0.25) is 0 Å². The highest BCUT2D eigenvalue weighted by atomic mass is 14.8. The van der Waals surface area contributed by atoms with Crippen LogP contribution in [-0.2, 0) is 0 Å². The minimum Gasteiger partial charge on any atom is -0.322 e. The van der Waals surface area contributed by atoms with Gasteiger partial charge in [-0.1, -0.05) is 12.5 Å². The molecule has 0 bridgehead atoms. The maximum Gasteiger partial charge on any atom is 0.0574 e. The van der Waals surface area contributed by atoms with Crippen LogP contribution in [0.15, 0.2) is 18.3 Å². The number of hydrogen-bond acceptors (Lipinski definition) is 2. The summed E-state index contributed by atoms with van der Waals surface area (Å²) in [5, 5.41) is 0. The second kappa shape index (κ2) is 3.46. The monoisotopic (exact) mass is 176 g/mol. The molecule has 0 unspecified atom stereocenters. The Labute approximate surface area is 79.2 Å². The number of aryl methyl sites for hydroxylation is 1. The molecule has 2 heteroatoms. The smallest absolute Gasteiger partial charge is 0.0574 e. The molecule has 0 saturated heterocycles. The van der Waals surface area contributed by atoms with Crippen LogP contribution < -0.4 is 5.73 Å². The molecular weight excluding hydrogens is 160 g/mol. The van der Waals surface area contributed by atoms with E-state index in [1.807, 2.05) is 13.1 Å². The van der Waals surface area contributed by atoms with E-state index >= 15 is 0 Å². The Kier molecular flexibility index (Phi) is 2.32. The first-order chi connectivity index (χ1) is 6.27. The fourth-order valence-electron chi connectivity index (χ4n) is 1.72. The van der Waals surface area contributed by atoms with Crippen LogP contribution in [0.5, 0.6) is 0 Å². The normalized spacial score (nSPS) is 19.5. The van der Waals surface area contributed by atoms with Gasteiger partial charge in [-0.05, 0) is 37.3 Å². The molecular formula is C11H16N2. The summed E-state index contributed by atoms with van der Waals surface area (Å²) < 4.78 is 0. The number of nitrogens with two attached hydrogens (primary N) is 1. The van der Waals surface area contributed by atoms with Gasteiger partial charge in [0, 0.05) is 12.2 Å². The SMILES string of the molecule is Cc1ccc([C@H](N)C2CCC2)nc1. The van der Waals surface area contributed by atoms with Crippen LogP contribution in [0.4, 0.5) is 0 Å². The highest BCUT2D eigenvalue weighted by Gasteiger charge is 2.25. The largest absolute Gasteiger partial charge is 0.322 e. The van der Waals surface area contributed by atoms with Crippen LogP contribution in [0, 0.1) is 12.8 Å². The highest BCUT2D eigenvalue weighted by Crippen LogP contribution is 2.35. The summed E-state index contributed by atoms with van der Waals surface area (Å²) in [6.45, 7) is 2.05. The molecule has 1 heterocycles. The Morgan fingerprint density at radius 1 is 1.46 bits per heavy atom. The van der Waals surface area contributed by atoms with E-state index in [4.69, 9.17) is 5.73 Å². The fourth-order valence-corrected chi connectivity index (χ4v) is 1.72. The summed E-state index contributed by atoms with van der Waals surface area (Å²) in [6, 6.07) is 4.30. The Balaban J connectivity index is 2.10. The number of rotatable bonds is 2. The molecule has 0 spiro atoms. The summed E-state index contributed by atoms with van der Waals surface area (Å²) in [6.07, 6.45) is 5.78. The van der Waals surface area contributed by atoms with Gasteiger partial charge in [0.05, 0.1) is 5.69 Å². The lowest BCUT2D eigenvalue weighted by atomic mass is 9.79. The lowest BCUT2D eigenvalue weighted by Crippen LogP contribution is -2.27. The summed E-state index contributed by atoms with van der Waals surface area (Å²) in [5.41, 5.74) is 8.34. The molecule has 1 aromatic heterocycles. The van der Waals surface area contributed by atoms with Gasteiger partial charge < -0.3 is 5.73 Å². The number of hydrogen-bond donors (Lipinski definition) is 1. The molecule has 1 aliphatic carbocycles. The van der Waals surface area contributed by atoms with E-state index in [1.165, 1.54) is 24.8 Å². The van der Waals surface area contributed by atoms with Crippen molar-refractivity contribution in [1.29, 1.82) is 0 Å². The van der Waals surface area contributed by atoms with Crippen molar-refractivity contribution < 1.29 is 0 Å². The summed E-state index contributed by atoms with van der Waals surface area (Å²) in [5.74, 6) is 0.676. The van der Waals surface area contributed by atoms with Crippen molar-refractivity contribution in [2.45, 2.75) is 32.2 Å². The van der Waals surface area contributed by atoms with Crippen LogP contribution >= 0.6 is 0 Å². The predicted octanol–water partition coefficient (Wildman–Crippen LogP) is 2.19. The highest BCUT2D eigenvalue weighted by molar-refractivity contribution is 5.15. The van der Waals surface area contributed by atoms with Crippen molar-refractivity contribution in [1.82, 2.24) is 4.98 Å². The van der Waals surface area contributed by atoms with Crippen LogP contribution in [0.1, 0.15) is 36.6 Å². The quantitative estimate of drug-likeness (QED) is 0.750. The zero-order chi connectivity index (χ0) is 9.26. The molecule has 0 amide bonds. The van der Waals surface area contributed by atoms with Crippen molar-refractivity contribution in [3.63, 3.8) is 0 Å². The molecule has 13 heavy (non-hydrogen) atoms. The van der Waals surface area contributed by atoms with Crippen molar-refractivity contribution >= 4 is 0 Å². The van der Waals surface area contributed by atoms with Crippen molar-refractivity contribution in [3.05, 3.63) is 29.6 Å². The molecule has 1 saturated carbocycles. The summed E-state index contributed by atoms with van der Waals surface area (Å²) in [4.78, 5) is 4.36. The van der Waals surface area contributed by atoms with Gasteiger partial charge in [-0.2, -0.15) is 0 Å². The third-order valence-corrected chi connectivity index (χ3v) is 2.93. The molecule has 70 valence electrons. The number of nitrogens with zero attached hydrogens (tertiary/aromatic N) is 1. The third kappa shape index (κ3) is 1.73. The van der Waals surface area contributed by atoms with Gasteiger partial charge in [0.25, 0.3) is 0 Å². The van der Waals surface area contributed by atoms with E-state index < -0.39 is 0 Å². The lowest BCUT2D eigenvalue weighted by Gasteiger charge is -2.30. The average Bonchev–Trinajstić information content (AvgIpc) is 2.02. The Hall–Kier alpha value is -0.890. The number of pyridine rings is 1. The second-order valence-electron chi connectivity index (χ2n) is 3.98. The van der Waals surface area contributed by atoms with Crippen molar-refractivity contribution in [2.24, 2.45) is 11.7 Å². The predicted molar refractivity (Wildman–Crippen MR) is 53.2 cm³/mol. The zero-order valence-electron chi connectivity index (χ0n) is 8.03. The van der Waals surface area contributed by atoms with E-state index in [-0.39, 0.29) is 6.04 Å². The van der Waals surface area contributed by atoms with Crippen LogP contribution in [-0.4, -0.2) is 4.98 Å². The van der Waals surface area contributed by atoms with Crippen LogP contribution in [0.3, 0.4) is 0 Å². The summed E-state index contributed by atoms with van der Waals surface area (Å²) >= 11 is 0. The van der Waals surface area contributed by atoms with E-state index in [1.54, 1.807) is 0 Å². The molecule has 0 aliphatic heterocycles. The first-order valence-electron chi connectivity index (χ1n) is 4.95. The van der Waals surface area contributed by atoms with Gasteiger partial charge >= 0.3 is 0 Å². The standard InChI is InChI=1S/C11H16N2/c1-8-5-6-10(13-7-8)11(12)9-3-2-4-9/h5-7,9,11H,2-4,12H2,1H3/t11-/m1/s1. The van der Waals surface area contributed by atoms with E-state index in [9.17, 15) is 0 Å². The van der Waals surface area contributed by atoms with E-state index in [0.717, 1.165) is 5.69 Å². The lowest BCUT2D eigenvalue weighted by molar-refractivity contribution is 0.261. The molecule has 1 atom stereocenters. The van der Waals surface area contributed by atoms with Gasteiger partial charge in [0.15, 0.2) is 0 Å².